The number of carbonyl (C=O) groups is 2. The van der Waals surface area contributed by atoms with Crippen LogP contribution in [-0.4, -0.2) is 28.5 Å². The highest BCUT2D eigenvalue weighted by Gasteiger charge is 2.22. The molecule has 0 aromatic heterocycles. The molecule has 26 heavy (non-hydrogen) atoms. The van der Waals surface area contributed by atoms with Gasteiger partial charge in [0.1, 0.15) is 5.69 Å². The average molecular weight is 358 g/mol. The highest BCUT2D eigenvalue weighted by Crippen LogP contribution is 2.30. The van der Waals surface area contributed by atoms with Crippen LogP contribution in [0.5, 0.6) is 0 Å². The number of carbonyl (C=O) groups excluding carboxylic acids is 2. The number of rotatable bonds is 6. The monoisotopic (exact) mass is 358 g/mol. The molecule has 0 spiro atoms. The number of nitrogens with zero attached hydrogens (tertiary/aromatic N) is 1. The average Bonchev–Trinajstić information content (AvgIpc) is 2.63. The topological polar surface area (TPSA) is 119 Å². The lowest BCUT2D eigenvalue weighted by molar-refractivity contribution is -0.384. The summed E-state index contributed by atoms with van der Waals surface area (Å²) in [6.45, 7) is 2.72. The number of hydrogen-bond donors (Lipinski definition) is 2. The molecule has 0 aliphatic heterocycles. The van der Waals surface area contributed by atoms with Crippen molar-refractivity contribution in [1.82, 2.24) is 0 Å². The third-order valence-corrected chi connectivity index (χ3v) is 3.86. The number of aliphatic hydroxyl groups is 1. The third kappa shape index (κ3) is 4.42. The normalized spacial score (nSPS) is 11.5. The fourth-order valence-electron chi connectivity index (χ4n) is 2.27. The van der Waals surface area contributed by atoms with Crippen LogP contribution in [0.25, 0.3) is 0 Å². The zero-order valence-corrected chi connectivity index (χ0v) is 14.3. The van der Waals surface area contributed by atoms with Crippen LogP contribution >= 0.6 is 0 Å². The Kier molecular flexibility index (Phi) is 6.03. The first-order chi connectivity index (χ1) is 12.3. The number of nitro benzene ring substituents is 1. The Balaban J connectivity index is 2.03. The van der Waals surface area contributed by atoms with Crippen LogP contribution in [-0.2, 0) is 14.3 Å². The second kappa shape index (κ2) is 8.21. The standard InChI is InChI=1S/C18H18N2O6/c1-11-8-9-14(20(24)25)16(12(11)2)19-15(21)10-26-18(23)17(22)13-6-4-3-5-7-13/h3-9,17,22H,10H2,1-2H3,(H,19,21)/t17-/m1/s1. The zero-order chi connectivity index (χ0) is 19.3. The quantitative estimate of drug-likeness (QED) is 0.465. The van der Waals surface area contributed by atoms with Crippen LogP contribution in [0, 0.1) is 24.0 Å². The molecule has 0 aliphatic carbocycles. The summed E-state index contributed by atoms with van der Waals surface area (Å²) in [7, 11) is 0. The van der Waals surface area contributed by atoms with Crippen molar-refractivity contribution in [3.05, 3.63) is 69.3 Å². The van der Waals surface area contributed by atoms with Gasteiger partial charge in [-0.25, -0.2) is 4.79 Å². The van der Waals surface area contributed by atoms with Crippen LogP contribution < -0.4 is 5.32 Å². The minimum Gasteiger partial charge on any atom is -0.453 e. The lowest BCUT2D eigenvalue weighted by atomic mass is 10.1. The van der Waals surface area contributed by atoms with Crippen LogP contribution in [0.4, 0.5) is 11.4 Å². The SMILES string of the molecule is Cc1ccc([N+](=O)[O-])c(NC(=O)COC(=O)[C@H](O)c2ccccc2)c1C. The van der Waals surface area contributed by atoms with Crippen LogP contribution in [0.2, 0.25) is 0 Å². The van der Waals surface area contributed by atoms with E-state index in [0.29, 0.717) is 11.1 Å². The van der Waals surface area contributed by atoms with Crippen LogP contribution in [0.1, 0.15) is 22.8 Å². The Morgan fingerprint density at radius 1 is 1.19 bits per heavy atom. The number of hydrogen-bond acceptors (Lipinski definition) is 6. The van der Waals surface area contributed by atoms with Crippen molar-refractivity contribution >= 4 is 23.3 Å². The molecule has 136 valence electrons. The van der Waals surface area contributed by atoms with E-state index in [1.54, 1.807) is 50.2 Å². The second-order valence-corrected chi connectivity index (χ2v) is 5.63. The molecule has 0 radical (unpaired) electrons. The highest BCUT2D eigenvalue weighted by molar-refractivity contribution is 5.96. The number of ether oxygens (including phenoxy) is 1. The number of aryl methyl sites for hydroxylation is 1. The van der Waals surface area contributed by atoms with Crippen molar-refractivity contribution in [2.75, 3.05) is 11.9 Å². The van der Waals surface area contributed by atoms with Crippen molar-refractivity contribution in [3.8, 4) is 0 Å². The van der Waals surface area contributed by atoms with Crippen molar-refractivity contribution < 1.29 is 24.4 Å². The number of anilines is 1. The number of nitro groups is 1. The summed E-state index contributed by atoms with van der Waals surface area (Å²) in [5.74, 6) is -1.72. The maximum absolute atomic E-state index is 12.0. The van der Waals surface area contributed by atoms with Crippen molar-refractivity contribution in [3.63, 3.8) is 0 Å². The molecule has 0 bridgehead atoms. The van der Waals surface area contributed by atoms with Gasteiger partial charge in [0.05, 0.1) is 4.92 Å². The van der Waals surface area contributed by atoms with E-state index in [-0.39, 0.29) is 11.4 Å². The first kappa shape index (κ1) is 19.1. The Hall–Kier alpha value is -3.26. The molecule has 1 atom stereocenters. The number of benzene rings is 2. The summed E-state index contributed by atoms with van der Waals surface area (Å²) in [5.41, 5.74) is 1.45. The largest absolute Gasteiger partial charge is 0.453 e. The maximum Gasteiger partial charge on any atom is 0.340 e. The van der Waals surface area contributed by atoms with Gasteiger partial charge in [-0.2, -0.15) is 0 Å². The van der Waals surface area contributed by atoms with Gasteiger partial charge >= 0.3 is 5.97 Å². The van der Waals surface area contributed by atoms with E-state index in [2.05, 4.69) is 5.32 Å². The number of amides is 1. The molecule has 2 rings (SSSR count). The number of nitrogens with one attached hydrogen (secondary N) is 1. The van der Waals surface area contributed by atoms with Gasteiger partial charge in [-0.3, -0.25) is 14.9 Å². The number of aliphatic hydroxyl groups excluding tert-OH is 1. The molecule has 2 aromatic rings. The summed E-state index contributed by atoms with van der Waals surface area (Å²) in [4.78, 5) is 34.4. The summed E-state index contributed by atoms with van der Waals surface area (Å²) < 4.78 is 4.79. The summed E-state index contributed by atoms with van der Waals surface area (Å²) >= 11 is 0. The van der Waals surface area contributed by atoms with E-state index in [9.17, 15) is 24.8 Å². The Bertz CT molecular complexity index is 835. The molecule has 8 heteroatoms. The van der Waals surface area contributed by atoms with Crippen molar-refractivity contribution in [1.29, 1.82) is 0 Å². The fourth-order valence-corrected chi connectivity index (χ4v) is 2.27. The minimum atomic E-state index is -1.51. The lowest BCUT2D eigenvalue weighted by Crippen LogP contribution is -2.24. The molecule has 0 unspecified atom stereocenters. The summed E-state index contributed by atoms with van der Waals surface area (Å²) in [6.07, 6.45) is -1.51. The van der Waals surface area contributed by atoms with Gasteiger partial charge in [0.2, 0.25) is 0 Å². The van der Waals surface area contributed by atoms with E-state index in [1.165, 1.54) is 6.07 Å². The molecule has 0 fully saturated rings. The van der Waals surface area contributed by atoms with Gasteiger partial charge in [0.15, 0.2) is 12.7 Å². The smallest absolute Gasteiger partial charge is 0.340 e. The lowest BCUT2D eigenvalue weighted by Gasteiger charge is -2.13. The van der Waals surface area contributed by atoms with Crippen LogP contribution in [0.15, 0.2) is 42.5 Å². The molecule has 0 heterocycles. The van der Waals surface area contributed by atoms with E-state index < -0.39 is 29.5 Å². The van der Waals surface area contributed by atoms with Gasteiger partial charge in [0, 0.05) is 6.07 Å². The van der Waals surface area contributed by atoms with Crippen molar-refractivity contribution in [2.24, 2.45) is 0 Å². The summed E-state index contributed by atoms with van der Waals surface area (Å²) in [5, 5.41) is 23.4. The molecule has 2 aromatic carbocycles. The highest BCUT2D eigenvalue weighted by atomic mass is 16.6. The molecule has 0 aliphatic rings. The maximum atomic E-state index is 12.0. The molecule has 8 nitrogen and oxygen atoms in total. The molecule has 2 N–H and O–H groups in total. The molecular weight excluding hydrogens is 340 g/mol. The van der Waals surface area contributed by atoms with Gasteiger partial charge in [-0.05, 0) is 30.5 Å². The van der Waals surface area contributed by atoms with E-state index >= 15 is 0 Å². The van der Waals surface area contributed by atoms with Crippen molar-refractivity contribution in [2.45, 2.75) is 20.0 Å². The Morgan fingerprint density at radius 2 is 1.85 bits per heavy atom. The fraction of sp³-hybridized carbons (Fsp3) is 0.222. The molecule has 0 saturated carbocycles. The first-order valence-corrected chi connectivity index (χ1v) is 7.75. The van der Waals surface area contributed by atoms with Crippen LogP contribution in [0.3, 0.4) is 0 Å². The van der Waals surface area contributed by atoms with E-state index in [1.807, 2.05) is 0 Å². The van der Waals surface area contributed by atoms with Gasteiger partial charge in [-0.1, -0.05) is 36.4 Å². The molecular formula is C18H18N2O6. The first-order valence-electron chi connectivity index (χ1n) is 7.75. The second-order valence-electron chi connectivity index (χ2n) is 5.63. The predicted molar refractivity (Wildman–Crippen MR) is 93.6 cm³/mol. The van der Waals surface area contributed by atoms with E-state index in [4.69, 9.17) is 4.74 Å². The predicted octanol–water partition coefficient (Wildman–Crippen LogP) is 2.43. The number of esters is 1. The molecule has 1 amide bonds. The van der Waals surface area contributed by atoms with Gasteiger partial charge in [0.25, 0.3) is 11.6 Å². The zero-order valence-electron chi connectivity index (χ0n) is 14.3. The van der Waals surface area contributed by atoms with Gasteiger partial charge in [-0.15, -0.1) is 0 Å². The van der Waals surface area contributed by atoms with Gasteiger partial charge < -0.3 is 15.2 Å². The Morgan fingerprint density at radius 3 is 2.46 bits per heavy atom. The Labute approximate surface area is 149 Å². The molecule has 0 saturated heterocycles. The summed E-state index contributed by atoms with van der Waals surface area (Å²) in [6, 6.07) is 11.0. The van der Waals surface area contributed by atoms with E-state index in [0.717, 1.165) is 5.56 Å². The minimum absolute atomic E-state index is 0.0552. The third-order valence-electron chi connectivity index (χ3n) is 3.86.